The van der Waals surface area contributed by atoms with Crippen molar-refractivity contribution in [3.8, 4) is 0 Å². The molecule has 0 heterocycles. The predicted octanol–water partition coefficient (Wildman–Crippen LogP) is 4.02. The van der Waals surface area contributed by atoms with E-state index in [2.05, 4.69) is 61.0 Å². The molecule has 1 radical (unpaired) electrons. The average molecular weight is 226 g/mol. The van der Waals surface area contributed by atoms with Crippen molar-refractivity contribution in [1.82, 2.24) is 0 Å². The first-order valence-electron chi connectivity index (χ1n) is 4.20. The van der Waals surface area contributed by atoms with Gasteiger partial charge in [0.1, 0.15) is 0 Å². The maximum Gasteiger partial charge on any atom is 0.0175 e. The fraction of sp³-hybridized carbons (Fsp3) is 0.364. The Morgan fingerprint density at radius 1 is 1.17 bits per heavy atom. The maximum absolute atomic E-state index is 4.12. The fourth-order valence-electron chi connectivity index (χ4n) is 1.09. The average Bonchev–Trinajstić information content (AvgIpc) is 2.04. The minimum absolute atomic E-state index is 0.401. The molecule has 1 atom stereocenters. The van der Waals surface area contributed by atoms with E-state index in [-0.39, 0.29) is 0 Å². The van der Waals surface area contributed by atoms with Crippen LogP contribution in [0.2, 0.25) is 0 Å². The Labute approximate surface area is 83.1 Å². The molecule has 0 saturated heterocycles. The van der Waals surface area contributed by atoms with E-state index < -0.39 is 0 Å². The van der Waals surface area contributed by atoms with Crippen LogP contribution in [0.4, 0.5) is 0 Å². The molecule has 12 heavy (non-hydrogen) atoms. The Morgan fingerprint density at radius 3 is 2.08 bits per heavy atom. The summed E-state index contributed by atoms with van der Waals surface area (Å²) in [4.78, 5) is 0. The topological polar surface area (TPSA) is 0 Å². The third-order valence-corrected chi connectivity index (χ3v) is 2.63. The highest BCUT2D eigenvalue weighted by atomic mass is 79.9. The van der Waals surface area contributed by atoms with Crippen molar-refractivity contribution in [2.24, 2.45) is 5.92 Å². The van der Waals surface area contributed by atoms with Crippen LogP contribution < -0.4 is 0 Å². The molecule has 65 valence electrons. The Balaban J connectivity index is 2.82. The van der Waals surface area contributed by atoms with Crippen molar-refractivity contribution in [2.75, 3.05) is 0 Å². The summed E-state index contributed by atoms with van der Waals surface area (Å²) in [7, 11) is 0. The van der Waals surface area contributed by atoms with E-state index in [1.807, 2.05) is 0 Å². The van der Waals surface area contributed by atoms with E-state index >= 15 is 0 Å². The van der Waals surface area contributed by atoms with Gasteiger partial charge in [0.15, 0.2) is 0 Å². The molecule has 0 aliphatic heterocycles. The highest BCUT2D eigenvalue weighted by Crippen LogP contribution is 2.24. The standard InChI is InChI=1S/C11H14Br/c1-8(2)9(3)10-4-6-11(12)7-5-10/h4-9H,3H2,1-2H3. The molecule has 0 bridgehead atoms. The van der Waals surface area contributed by atoms with Crippen molar-refractivity contribution in [3.63, 3.8) is 0 Å². The molecule has 0 N–H and O–H groups in total. The van der Waals surface area contributed by atoms with Crippen LogP contribution in [0.3, 0.4) is 0 Å². The first kappa shape index (κ1) is 9.79. The van der Waals surface area contributed by atoms with Gasteiger partial charge in [-0.1, -0.05) is 41.9 Å². The van der Waals surface area contributed by atoms with E-state index in [9.17, 15) is 0 Å². The number of hydrogen-bond donors (Lipinski definition) is 0. The van der Waals surface area contributed by atoms with Gasteiger partial charge >= 0.3 is 0 Å². The lowest BCUT2D eigenvalue weighted by molar-refractivity contribution is 0.575. The van der Waals surface area contributed by atoms with Crippen LogP contribution in [0.1, 0.15) is 25.3 Å². The minimum atomic E-state index is 0.401. The van der Waals surface area contributed by atoms with Crippen molar-refractivity contribution >= 4 is 15.9 Å². The monoisotopic (exact) mass is 225 g/mol. The quantitative estimate of drug-likeness (QED) is 0.714. The summed E-state index contributed by atoms with van der Waals surface area (Å²) < 4.78 is 1.13. The molecule has 0 saturated carbocycles. The molecule has 0 aliphatic carbocycles. The first-order chi connectivity index (χ1) is 5.61. The molecular weight excluding hydrogens is 212 g/mol. The molecule has 1 aromatic rings. The van der Waals surface area contributed by atoms with Gasteiger partial charge < -0.3 is 0 Å². The first-order valence-corrected chi connectivity index (χ1v) is 4.99. The minimum Gasteiger partial charge on any atom is -0.0622 e. The van der Waals surface area contributed by atoms with Gasteiger partial charge in [0.25, 0.3) is 0 Å². The van der Waals surface area contributed by atoms with Crippen LogP contribution in [0.25, 0.3) is 0 Å². The van der Waals surface area contributed by atoms with E-state index in [0.29, 0.717) is 11.8 Å². The molecular formula is C11H14Br. The zero-order valence-electron chi connectivity index (χ0n) is 7.55. The smallest absolute Gasteiger partial charge is 0.0175 e. The lowest BCUT2D eigenvalue weighted by atomic mass is 9.91. The zero-order chi connectivity index (χ0) is 9.14. The van der Waals surface area contributed by atoms with Gasteiger partial charge in [0, 0.05) is 4.47 Å². The van der Waals surface area contributed by atoms with Gasteiger partial charge in [-0.25, -0.2) is 0 Å². The lowest BCUT2D eigenvalue weighted by Crippen LogP contribution is -2.01. The second-order valence-electron chi connectivity index (χ2n) is 3.40. The van der Waals surface area contributed by atoms with Crippen LogP contribution in [-0.2, 0) is 0 Å². The summed E-state index contributed by atoms with van der Waals surface area (Å²) in [6, 6.07) is 8.38. The summed E-state index contributed by atoms with van der Waals surface area (Å²) in [6.45, 7) is 8.51. The van der Waals surface area contributed by atoms with Gasteiger partial charge in [0.2, 0.25) is 0 Å². The zero-order valence-corrected chi connectivity index (χ0v) is 9.14. The fourth-order valence-corrected chi connectivity index (χ4v) is 1.36. The van der Waals surface area contributed by atoms with E-state index in [1.165, 1.54) is 5.56 Å². The second kappa shape index (κ2) is 4.08. The van der Waals surface area contributed by atoms with Gasteiger partial charge in [-0.15, -0.1) is 0 Å². The Bertz CT molecular complexity index is 236. The number of halogens is 1. The largest absolute Gasteiger partial charge is 0.0622 e. The van der Waals surface area contributed by atoms with E-state index in [1.54, 1.807) is 0 Å². The molecule has 0 amide bonds. The number of hydrogen-bond acceptors (Lipinski definition) is 0. The van der Waals surface area contributed by atoms with Crippen molar-refractivity contribution in [3.05, 3.63) is 41.2 Å². The Hall–Kier alpha value is -0.300. The Kier molecular flexibility index (Phi) is 3.33. The molecule has 1 heteroatoms. The van der Waals surface area contributed by atoms with Gasteiger partial charge in [-0.3, -0.25) is 0 Å². The SMILES string of the molecule is [CH2]C(c1ccc(Br)cc1)C(C)C. The van der Waals surface area contributed by atoms with Crippen LogP contribution in [0.15, 0.2) is 28.7 Å². The van der Waals surface area contributed by atoms with Crippen LogP contribution in [0, 0.1) is 12.8 Å². The number of benzene rings is 1. The highest BCUT2D eigenvalue weighted by Gasteiger charge is 2.08. The molecule has 0 aliphatic rings. The molecule has 0 nitrogen and oxygen atoms in total. The third-order valence-electron chi connectivity index (χ3n) is 2.10. The predicted molar refractivity (Wildman–Crippen MR) is 57.1 cm³/mol. The summed E-state index contributed by atoms with van der Waals surface area (Å²) in [5.41, 5.74) is 1.31. The molecule has 1 unspecified atom stereocenters. The molecule has 0 fully saturated rings. The summed E-state index contributed by atoms with van der Waals surface area (Å²) in [5.74, 6) is 1.00. The summed E-state index contributed by atoms with van der Waals surface area (Å²) in [5, 5.41) is 0. The summed E-state index contributed by atoms with van der Waals surface area (Å²) in [6.07, 6.45) is 0. The highest BCUT2D eigenvalue weighted by molar-refractivity contribution is 9.10. The van der Waals surface area contributed by atoms with Crippen molar-refractivity contribution < 1.29 is 0 Å². The van der Waals surface area contributed by atoms with E-state index in [4.69, 9.17) is 0 Å². The van der Waals surface area contributed by atoms with Crippen molar-refractivity contribution in [1.29, 1.82) is 0 Å². The van der Waals surface area contributed by atoms with E-state index in [0.717, 1.165) is 4.47 Å². The lowest BCUT2D eigenvalue weighted by Gasteiger charge is -2.15. The third kappa shape index (κ3) is 2.34. The van der Waals surface area contributed by atoms with Gasteiger partial charge in [-0.2, -0.15) is 0 Å². The normalized spacial score (nSPS) is 13.4. The molecule has 1 aromatic carbocycles. The summed E-state index contributed by atoms with van der Waals surface area (Å²) >= 11 is 3.41. The molecule has 0 aromatic heterocycles. The van der Waals surface area contributed by atoms with Gasteiger partial charge in [0.05, 0.1) is 0 Å². The number of rotatable bonds is 2. The maximum atomic E-state index is 4.12. The van der Waals surface area contributed by atoms with Crippen LogP contribution in [0.5, 0.6) is 0 Å². The van der Waals surface area contributed by atoms with Crippen LogP contribution >= 0.6 is 15.9 Å². The van der Waals surface area contributed by atoms with Gasteiger partial charge in [-0.05, 0) is 36.5 Å². The molecule has 0 spiro atoms. The Morgan fingerprint density at radius 2 is 1.67 bits per heavy atom. The second-order valence-corrected chi connectivity index (χ2v) is 4.32. The van der Waals surface area contributed by atoms with Crippen LogP contribution in [-0.4, -0.2) is 0 Å². The van der Waals surface area contributed by atoms with Crippen molar-refractivity contribution in [2.45, 2.75) is 19.8 Å². The molecule has 1 rings (SSSR count).